The number of carbonyl (C=O) groups is 3. The van der Waals surface area contributed by atoms with Gasteiger partial charge in [-0.1, -0.05) is 245 Å². The van der Waals surface area contributed by atoms with Gasteiger partial charge < -0.3 is 14.2 Å². The molecule has 0 spiro atoms. The van der Waals surface area contributed by atoms with Gasteiger partial charge in [0.1, 0.15) is 13.2 Å². The van der Waals surface area contributed by atoms with Crippen molar-refractivity contribution in [2.45, 2.75) is 290 Å². The first kappa shape index (κ1) is 54.4. The summed E-state index contributed by atoms with van der Waals surface area (Å²) in [4.78, 5) is 37.7. The highest BCUT2D eigenvalue weighted by Gasteiger charge is 2.19. The second-order valence-electron chi connectivity index (χ2n) is 17.1. The van der Waals surface area contributed by atoms with Gasteiger partial charge in [-0.05, 0) is 19.3 Å². The van der Waals surface area contributed by atoms with Gasteiger partial charge in [0.2, 0.25) is 0 Å². The second kappa shape index (κ2) is 46.1. The van der Waals surface area contributed by atoms with E-state index in [1.54, 1.807) is 0 Å². The van der Waals surface area contributed by atoms with Gasteiger partial charge in [-0.15, -0.1) is 0 Å². The topological polar surface area (TPSA) is 78.9 Å². The maximum absolute atomic E-state index is 12.7. The van der Waals surface area contributed by atoms with Crippen molar-refractivity contribution in [1.29, 1.82) is 0 Å². The van der Waals surface area contributed by atoms with Crippen LogP contribution in [-0.4, -0.2) is 37.2 Å². The SMILES string of the molecule is CCCCCCCCCCCCCCCCCCCCC(=O)OCC(COC(=O)CCCCCCCCC)OC(=O)CCCCCCCCCCCCCCC. The first-order valence-corrected chi connectivity index (χ1v) is 25.0. The predicted octanol–water partition coefficient (Wildman–Crippen LogP) is 16.0. The third kappa shape index (κ3) is 43.5. The van der Waals surface area contributed by atoms with Crippen LogP contribution >= 0.6 is 0 Å². The van der Waals surface area contributed by atoms with Crippen LogP contribution in [0.3, 0.4) is 0 Å². The van der Waals surface area contributed by atoms with E-state index in [1.807, 2.05) is 0 Å². The van der Waals surface area contributed by atoms with Crippen molar-refractivity contribution in [3.63, 3.8) is 0 Å². The lowest BCUT2D eigenvalue weighted by atomic mass is 10.0. The largest absolute Gasteiger partial charge is 0.462 e. The lowest BCUT2D eigenvalue weighted by molar-refractivity contribution is -0.167. The average Bonchev–Trinajstić information content (AvgIpc) is 3.19. The molecule has 0 aliphatic heterocycles. The number of unbranched alkanes of at least 4 members (excludes halogenated alkanes) is 35. The molecule has 0 aliphatic rings. The summed E-state index contributed by atoms with van der Waals surface area (Å²) in [6.45, 7) is 6.63. The Kier molecular flexibility index (Phi) is 44.8. The van der Waals surface area contributed by atoms with Crippen LogP contribution in [0, 0.1) is 0 Å². The minimum Gasteiger partial charge on any atom is -0.462 e. The van der Waals surface area contributed by atoms with Crippen LogP contribution in [0.2, 0.25) is 0 Å². The number of hydrogen-bond acceptors (Lipinski definition) is 6. The summed E-state index contributed by atoms with van der Waals surface area (Å²) in [5.74, 6) is -0.851. The smallest absolute Gasteiger partial charge is 0.306 e. The molecule has 1 unspecified atom stereocenters. The fourth-order valence-electron chi connectivity index (χ4n) is 7.56. The van der Waals surface area contributed by atoms with Gasteiger partial charge in [0, 0.05) is 19.3 Å². The molecule has 56 heavy (non-hydrogen) atoms. The van der Waals surface area contributed by atoms with E-state index in [9.17, 15) is 14.4 Å². The number of carbonyl (C=O) groups excluding carboxylic acids is 3. The Morgan fingerprint density at radius 1 is 0.286 bits per heavy atom. The molecule has 0 saturated carbocycles. The summed E-state index contributed by atoms with van der Waals surface area (Å²) in [6.07, 6.45) is 48.1. The Hall–Kier alpha value is -1.59. The normalized spacial score (nSPS) is 11.8. The lowest BCUT2D eigenvalue weighted by Crippen LogP contribution is -2.30. The fourth-order valence-corrected chi connectivity index (χ4v) is 7.56. The summed E-state index contributed by atoms with van der Waals surface area (Å²) < 4.78 is 16.7. The summed E-state index contributed by atoms with van der Waals surface area (Å²) in [6, 6.07) is 0. The van der Waals surface area contributed by atoms with Crippen LogP contribution in [0.5, 0.6) is 0 Å². The molecular weight excluding hydrogens is 697 g/mol. The third-order valence-corrected chi connectivity index (χ3v) is 11.4. The predicted molar refractivity (Wildman–Crippen MR) is 238 cm³/mol. The molecule has 0 fully saturated rings. The minimum absolute atomic E-state index is 0.0626. The Morgan fingerprint density at radius 3 is 0.714 bits per heavy atom. The van der Waals surface area contributed by atoms with Crippen molar-refractivity contribution >= 4 is 17.9 Å². The molecule has 0 bridgehead atoms. The second-order valence-corrected chi connectivity index (χ2v) is 17.1. The van der Waals surface area contributed by atoms with E-state index in [-0.39, 0.29) is 31.1 Å². The first-order chi connectivity index (χ1) is 27.5. The quantitative estimate of drug-likeness (QED) is 0.0347. The molecule has 6 heteroatoms. The molecule has 0 saturated heterocycles. The maximum Gasteiger partial charge on any atom is 0.306 e. The molecule has 6 nitrogen and oxygen atoms in total. The van der Waals surface area contributed by atoms with Crippen molar-refractivity contribution < 1.29 is 28.6 Å². The molecule has 0 aromatic rings. The molecule has 0 amide bonds. The molecule has 0 heterocycles. The Bertz CT molecular complexity index is 828. The molecule has 1 atom stereocenters. The zero-order valence-corrected chi connectivity index (χ0v) is 37.9. The van der Waals surface area contributed by atoms with Crippen molar-refractivity contribution in [3.8, 4) is 0 Å². The minimum atomic E-state index is -0.758. The fraction of sp³-hybridized carbons (Fsp3) is 0.940. The van der Waals surface area contributed by atoms with Crippen LogP contribution in [0.15, 0.2) is 0 Å². The zero-order chi connectivity index (χ0) is 40.8. The highest BCUT2D eigenvalue weighted by Crippen LogP contribution is 2.16. The van der Waals surface area contributed by atoms with Gasteiger partial charge in [0.05, 0.1) is 0 Å². The molecule has 332 valence electrons. The van der Waals surface area contributed by atoms with E-state index in [0.29, 0.717) is 19.3 Å². The van der Waals surface area contributed by atoms with Gasteiger partial charge in [0.25, 0.3) is 0 Å². The molecule has 0 aliphatic carbocycles. The Morgan fingerprint density at radius 2 is 0.482 bits per heavy atom. The maximum atomic E-state index is 12.7. The standard InChI is InChI=1S/C50H96O6/c1-4-7-10-13-16-18-20-22-23-24-25-26-28-29-31-34-37-40-43-49(52)55-46-47(45-54-48(51)42-39-36-33-15-12-9-6-3)56-50(53)44-41-38-35-32-30-27-21-19-17-14-11-8-5-2/h47H,4-46H2,1-3H3. The van der Waals surface area contributed by atoms with Crippen LogP contribution < -0.4 is 0 Å². The summed E-state index contributed by atoms with van der Waals surface area (Å²) >= 11 is 0. The van der Waals surface area contributed by atoms with Crippen LogP contribution in [0.25, 0.3) is 0 Å². The summed E-state index contributed by atoms with van der Waals surface area (Å²) in [5.41, 5.74) is 0. The van der Waals surface area contributed by atoms with Crippen molar-refractivity contribution in [1.82, 2.24) is 0 Å². The van der Waals surface area contributed by atoms with Gasteiger partial charge in [-0.2, -0.15) is 0 Å². The molecule has 0 radical (unpaired) electrons. The van der Waals surface area contributed by atoms with Crippen molar-refractivity contribution in [2.75, 3.05) is 13.2 Å². The van der Waals surface area contributed by atoms with Gasteiger partial charge >= 0.3 is 17.9 Å². The summed E-state index contributed by atoms with van der Waals surface area (Å²) in [5, 5.41) is 0. The van der Waals surface area contributed by atoms with E-state index >= 15 is 0 Å². The Balaban J connectivity index is 4.18. The van der Waals surface area contributed by atoms with Crippen molar-refractivity contribution in [3.05, 3.63) is 0 Å². The van der Waals surface area contributed by atoms with Crippen LogP contribution in [0.4, 0.5) is 0 Å². The van der Waals surface area contributed by atoms with Gasteiger partial charge in [0.15, 0.2) is 6.10 Å². The van der Waals surface area contributed by atoms with E-state index in [4.69, 9.17) is 14.2 Å². The third-order valence-electron chi connectivity index (χ3n) is 11.4. The number of esters is 3. The van der Waals surface area contributed by atoms with E-state index in [0.717, 1.165) is 57.8 Å². The molecule has 0 N–H and O–H groups in total. The number of ether oxygens (including phenoxy) is 3. The van der Waals surface area contributed by atoms with E-state index in [1.165, 1.54) is 186 Å². The zero-order valence-electron chi connectivity index (χ0n) is 37.9. The highest BCUT2D eigenvalue weighted by molar-refractivity contribution is 5.71. The van der Waals surface area contributed by atoms with Crippen molar-refractivity contribution in [2.24, 2.45) is 0 Å². The number of hydrogen-bond donors (Lipinski definition) is 0. The molecule has 0 aromatic heterocycles. The molecular formula is C50H96O6. The van der Waals surface area contributed by atoms with E-state index in [2.05, 4.69) is 20.8 Å². The van der Waals surface area contributed by atoms with E-state index < -0.39 is 6.10 Å². The van der Waals surface area contributed by atoms with Gasteiger partial charge in [-0.25, -0.2) is 0 Å². The monoisotopic (exact) mass is 793 g/mol. The van der Waals surface area contributed by atoms with Crippen LogP contribution in [-0.2, 0) is 28.6 Å². The van der Waals surface area contributed by atoms with Crippen LogP contribution in [0.1, 0.15) is 284 Å². The highest BCUT2D eigenvalue weighted by atomic mass is 16.6. The molecule has 0 rings (SSSR count). The number of rotatable bonds is 46. The average molecular weight is 793 g/mol. The first-order valence-electron chi connectivity index (χ1n) is 25.0. The molecule has 0 aromatic carbocycles. The van der Waals surface area contributed by atoms with Gasteiger partial charge in [-0.3, -0.25) is 14.4 Å². The Labute approximate surface area is 348 Å². The lowest BCUT2D eigenvalue weighted by Gasteiger charge is -2.18. The summed E-state index contributed by atoms with van der Waals surface area (Å²) in [7, 11) is 0.